The molecule has 4 N–H and O–H groups in total. The Bertz CT molecular complexity index is 451. The Morgan fingerprint density at radius 3 is 3.05 bits per heavy atom. The highest BCUT2D eigenvalue weighted by atomic mass is 16.5. The third kappa shape index (κ3) is 3.57. The number of rotatable bonds is 8. The summed E-state index contributed by atoms with van der Waals surface area (Å²) < 4.78 is 5.30. The summed E-state index contributed by atoms with van der Waals surface area (Å²) >= 11 is 0. The standard InChI is InChI=1S/C13H20N4O2/c1-2-3-7-19-8-6-15-13(18)12-10(14)11(16-17-12)9-4-5-9/h2,9H,1,3-8,14H2,(H,15,18)(H,16,17). The van der Waals surface area contributed by atoms with E-state index in [1.54, 1.807) is 6.08 Å². The lowest BCUT2D eigenvalue weighted by molar-refractivity contribution is 0.0914. The number of aromatic nitrogens is 2. The zero-order chi connectivity index (χ0) is 13.7. The van der Waals surface area contributed by atoms with Gasteiger partial charge in [0.1, 0.15) is 0 Å². The molecule has 0 aliphatic heterocycles. The summed E-state index contributed by atoms with van der Waals surface area (Å²) in [6.07, 6.45) is 4.84. The zero-order valence-electron chi connectivity index (χ0n) is 10.9. The molecule has 6 heteroatoms. The second kappa shape index (κ2) is 6.38. The molecular formula is C13H20N4O2. The van der Waals surface area contributed by atoms with Crippen molar-refractivity contribution < 1.29 is 9.53 Å². The summed E-state index contributed by atoms with van der Waals surface area (Å²) in [7, 11) is 0. The largest absolute Gasteiger partial charge is 0.395 e. The minimum Gasteiger partial charge on any atom is -0.395 e. The van der Waals surface area contributed by atoms with E-state index >= 15 is 0 Å². The van der Waals surface area contributed by atoms with E-state index in [1.165, 1.54) is 0 Å². The van der Waals surface area contributed by atoms with E-state index < -0.39 is 0 Å². The van der Waals surface area contributed by atoms with Crippen molar-refractivity contribution in [3.63, 3.8) is 0 Å². The van der Waals surface area contributed by atoms with Crippen molar-refractivity contribution in [3.8, 4) is 0 Å². The number of ether oxygens (including phenoxy) is 1. The van der Waals surface area contributed by atoms with Gasteiger partial charge in [0, 0.05) is 12.5 Å². The first-order chi connectivity index (χ1) is 9.24. The van der Waals surface area contributed by atoms with Crippen LogP contribution in [-0.4, -0.2) is 35.9 Å². The van der Waals surface area contributed by atoms with Gasteiger partial charge in [0.2, 0.25) is 0 Å². The molecular weight excluding hydrogens is 244 g/mol. The van der Waals surface area contributed by atoms with Crippen molar-refractivity contribution in [1.29, 1.82) is 0 Å². The summed E-state index contributed by atoms with van der Waals surface area (Å²) in [6.45, 7) is 5.14. The van der Waals surface area contributed by atoms with Crippen LogP contribution in [0.1, 0.15) is 41.4 Å². The van der Waals surface area contributed by atoms with Crippen molar-refractivity contribution in [2.24, 2.45) is 0 Å². The molecule has 0 aromatic carbocycles. The second-order valence-corrected chi connectivity index (χ2v) is 4.62. The number of hydrogen-bond acceptors (Lipinski definition) is 4. The van der Waals surface area contributed by atoms with Gasteiger partial charge in [0.25, 0.3) is 5.91 Å². The molecule has 1 saturated carbocycles. The van der Waals surface area contributed by atoms with Crippen LogP contribution in [0.15, 0.2) is 12.7 Å². The van der Waals surface area contributed by atoms with Crippen LogP contribution in [0.25, 0.3) is 0 Å². The number of nitrogens with one attached hydrogen (secondary N) is 2. The minimum absolute atomic E-state index is 0.257. The molecule has 1 fully saturated rings. The van der Waals surface area contributed by atoms with Gasteiger partial charge in [0.15, 0.2) is 5.69 Å². The molecule has 1 amide bonds. The molecule has 1 aliphatic rings. The van der Waals surface area contributed by atoms with Crippen LogP contribution in [0, 0.1) is 0 Å². The Kier molecular flexibility index (Phi) is 4.57. The SMILES string of the molecule is C=CCCOCCNC(=O)c1n[nH]c(C2CC2)c1N. The molecule has 0 spiro atoms. The number of H-pyrrole nitrogens is 1. The highest BCUT2D eigenvalue weighted by Gasteiger charge is 2.30. The maximum absolute atomic E-state index is 11.9. The Balaban J connectivity index is 1.75. The highest BCUT2D eigenvalue weighted by Crippen LogP contribution is 2.42. The zero-order valence-corrected chi connectivity index (χ0v) is 10.9. The topological polar surface area (TPSA) is 93.0 Å². The van der Waals surface area contributed by atoms with Crippen LogP contribution in [-0.2, 0) is 4.74 Å². The molecule has 19 heavy (non-hydrogen) atoms. The van der Waals surface area contributed by atoms with Gasteiger partial charge < -0.3 is 15.8 Å². The van der Waals surface area contributed by atoms with Crippen molar-refractivity contribution >= 4 is 11.6 Å². The molecule has 104 valence electrons. The molecule has 2 rings (SSSR count). The van der Waals surface area contributed by atoms with E-state index in [2.05, 4.69) is 22.1 Å². The van der Waals surface area contributed by atoms with E-state index in [1.807, 2.05) is 0 Å². The van der Waals surface area contributed by atoms with Crippen molar-refractivity contribution in [2.45, 2.75) is 25.2 Å². The molecule has 1 heterocycles. The van der Waals surface area contributed by atoms with Gasteiger partial charge in [-0.3, -0.25) is 9.89 Å². The lowest BCUT2D eigenvalue weighted by atomic mass is 10.2. The van der Waals surface area contributed by atoms with Crippen LogP contribution in [0.4, 0.5) is 5.69 Å². The van der Waals surface area contributed by atoms with Crippen molar-refractivity contribution in [3.05, 3.63) is 24.0 Å². The Morgan fingerprint density at radius 2 is 2.37 bits per heavy atom. The molecule has 0 bridgehead atoms. The predicted molar refractivity (Wildman–Crippen MR) is 72.9 cm³/mol. The lowest BCUT2D eigenvalue weighted by Gasteiger charge is -2.04. The van der Waals surface area contributed by atoms with E-state index in [0.717, 1.165) is 25.0 Å². The van der Waals surface area contributed by atoms with Crippen LogP contribution in [0.5, 0.6) is 0 Å². The number of nitrogens with two attached hydrogens (primary N) is 1. The molecule has 1 aromatic heterocycles. The van der Waals surface area contributed by atoms with E-state index in [-0.39, 0.29) is 11.6 Å². The number of hydrogen-bond donors (Lipinski definition) is 3. The Morgan fingerprint density at radius 1 is 1.58 bits per heavy atom. The molecule has 1 aliphatic carbocycles. The van der Waals surface area contributed by atoms with E-state index in [0.29, 0.717) is 31.4 Å². The monoisotopic (exact) mass is 264 g/mol. The summed E-state index contributed by atoms with van der Waals surface area (Å²) in [6, 6.07) is 0. The number of anilines is 1. The van der Waals surface area contributed by atoms with E-state index in [4.69, 9.17) is 10.5 Å². The van der Waals surface area contributed by atoms with Crippen molar-refractivity contribution in [2.75, 3.05) is 25.5 Å². The Labute approximate surface area is 112 Å². The van der Waals surface area contributed by atoms with Gasteiger partial charge in [-0.15, -0.1) is 6.58 Å². The third-order valence-corrected chi connectivity index (χ3v) is 3.03. The lowest BCUT2D eigenvalue weighted by Crippen LogP contribution is -2.28. The van der Waals surface area contributed by atoms with Gasteiger partial charge in [0.05, 0.1) is 24.6 Å². The van der Waals surface area contributed by atoms with Crippen LogP contribution < -0.4 is 11.1 Å². The maximum atomic E-state index is 11.9. The highest BCUT2D eigenvalue weighted by molar-refractivity contribution is 5.97. The summed E-state index contributed by atoms with van der Waals surface area (Å²) in [5.74, 6) is 0.198. The first-order valence-corrected chi connectivity index (χ1v) is 6.54. The molecule has 0 atom stereocenters. The van der Waals surface area contributed by atoms with Crippen LogP contribution in [0.2, 0.25) is 0 Å². The number of nitrogens with zero attached hydrogens (tertiary/aromatic N) is 1. The fraction of sp³-hybridized carbons (Fsp3) is 0.538. The molecule has 0 radical (unpaired) electrons. The average molecular weight is 264 g/mol. The van der Waals surface area contributed by atoms with Gasteiger partial charge in [-0.1, -0.05) is 6.08 Å². The fourth-order valence-electron chi connectivity index (χ4n) is 1.81. The van der Waals surface area contributed by atoms with Gasteiger partial charge in [-0.2, -0.15) is 5.10 Å². The van der Waals surface area contributed by atoms with Crippen molar-refractivity contribution in [1.82, 2.24) is 15.5 Å². The maximum Gasteiger partial charge on any atom is 0.274 e. The number of nitrogen functional groups attached to an aromatic ring is 1. The summed E-state index contributed by atoms with van der Waals surface area (Å²) in [5, 5.41) is 9.58. The van der Waals surface area contributed by atoms with Gasteiger partial charge in [-0.25, -0.2) is 0 Å². The predicted octanol–water partition coefficient (Wildman–Crippen LogP) is 1.19. The summed E-state index contributed by atoms with van der Waals surface area (Å²) in [5.41, 5.74) is 7.58. The van der Waals surface area contributed by atoms with Gasteiger partial charge >= 0.3 is 0 Å². The number of carbonyl (C=O) groups excluding carboxylic acids is 1. The second-order valence-electron chi connectivity index (χ2n) is 4.62. The fourth-order valence-corrected chi connectivity index (χ4v) is 1.81. The van der Waals surface area contributed by atoms with Crippen LogP contribution in [0.3, 0.4) is 0 Å². The third-order valence-electron chi connectivity index (χ3n) is 3.03. The first-order valence-electron chi connectivity index (χ1n) is 6.54. The minimum atomic E-state index is -0.257. The molecule has 0 saturated heterocycles. The first kappa shape index (κ1) is 13.6. The van der Waals surface area contributed by atoms with E-state index in [9.17, 15) is 4.79 Å². The number of aromatic amines is 1. The Hall–Kier alpha value is -1.82. The normalized spacial score (nSPS) is 14.3. The number of carbonyl (C=O) groups is 1. The summed E-state index contributed by atoms with van der Waals surface area (Å²) in [4.78, 5) is 11.9. The molecule has 6 nitrogen and oxygen atoms in total. The molecule has 1 aromatic rings. The van der Waals surface area contributed by atoms with Crippen LogP contribution >= 0.6 is 0 Å². The quantitative estimate of drug-likeness (QED) is 0.485. The smallest absolute Gasteiger partial charge is 0.274 e. The number of amides is 1. The average Bonchev–Trinajstić information content (AvgIpc) is 3.17. The van der Waals surface area contributed by atoms with Gasteiger partial charge in [-0.05, 0) is 19.3 Å². The molecule has 0 unspecified atom stereocenters.